The van der Waals surface area contributed by atoms with Gasteiger partial charge in [0.25, 0.3) is 0 Å². The van der Waals surface area contributed by atoms with E-state index < -0.39 is 6.36 Å². The van der Waals surface area contributed by atoms with Gasteiger partial charge >= 0.3 is 6.36 Å². The number of hydrogen-bond acceptors (Lipinski definition) is 2. The van der Waals surface area contributed by atoms with E-state index in [1.54, 1.807) is 12.1 Å². The molecule has 0 aliphatic heterocycles. The fourth-order valence-electron chi connectivity index (χ4n) is 1.66. The van der Waals surface area contributed by atoms with Crippen molar-refractivity contribution in [3.8, 4) is 5.75 Å². The molecule has 0 aliphatic rings. The van der Waals surface area contributed by atoms with Gasteiger partial charge in [-0.1, -0.05) is 23.7 Å². The molecule has 0 saturated heterocycles. The van der Waals surface area contributed by atoms with Crippen LogP contribution in [0.4, 0.5) is 18.9 Å². The Labute approximate surface area is 133 Å². The summed E-state index contributed by atoms with van der Waals surface area (Å²) in [6, 6.07) is 11.1. The van der Waals surface area contributed by atoms with Crippen molar-refractivity contribution in [2.45, 2.75) is 12.9 Å². The molecule has 0 fully saturated rings. The molecule has 0 aliphatic carbocycles. The van der Waals surface area contributed by atoms with Crippen molar-refractivity contribution < 1.29 is 17.9 Å². The number of anilines is 1. The van der Waals surface area contributed by atoms with Gasteiger partial charge in [0.05, 0.1) is 5.02 Å². The second kappa shape index (κ2) is 6.58. The number of hydrogen-bond donors (Lipinski definition) is 1. The maximum absolute atomic E-state index is 12.1. The Kier molecular flexibility index (Phi) is 5.00. The van der Waals surface area contributed by atoms with Crippen LogP contribution in [0, 0.1) is 0 Å². The topological polar surface area (TPSA) is 21.3 Å². The van der Waals surface area contributed by atoms with E-state index in [4.69, 9.17) is 11.6 Å². The van der Waals surface area contributed by atoms with Crippen LogP contribution in [0.25, 0.3) is 0 Å². The molecule has 0 bridgehead atoms. The molecule has 0 unspecified atom stereocenters. The highest BCUT2D eigenvalue weighted by Crippen LogP contribution is 2.26. The average Bonchev–Trinajstić information content (AvgIpc) is 2.39. The highest BCUT2D eigenvalue weighted by molar-refractivity contribution is 9.10. The summed E-state index contributed by atoms with van der Waals surface area (Å²) < 4.78 is 41.1. The van der Waals surface area contributed by atoms with Crippen LogP contribution >= 0.6 is 27.5 Å². The van der Waals surface area contributed by atoms with Gasteiger partial charge in [0.2, 0.25) is 0 Å². The third-order valence-corrected chi connectivity index (χ3v) is 3.78. The van der Waals surface area contributed by atoms with Crippen molar-refractivity contribution in [2.24, 2.45) is 0 Å². The van der Waals surface area contributed by atoms with Crippen molar-refractivity contribution in [3.05, 3.63) is 57.5 Å². The van der Waals surface area contributed by atoms with E-state index in [0.29, 0.717) is 17.3 Å². The Balaban J connectivity index is 2.03. The summed E-state index contributed by atoms with van der Waals surface area (Å²) >= 11 is 9.26. The summed E-state index contributed by atoms with van der Waals surface area (Å²) in [5.41, 5.74) is 1.43. The van der Waals surface area contributed by atoms with E-state index in [2.05, 4.69) is 26.0 Å². The average molecular weight is 381 g/mol. The number of halogens is 5. The molecular weight excluding hydrogens is 371 g/mol. The molecule has 1 N–H and O–H groups in total. The fraction of sp³-hybridized carbons (Fsp3) is 0.143. The Morgan fingerprint density at radius 3 is 2.57 bits per heavy atom. The highest BCUT2D eigenvalue weighted by Gasteiger charge is 2.31. The van der Waals surface area contributed by atoms with Gasteiger partial charge in [0, 0.05) is 22.8 Å². The number of rotatable bonds is 4. The first-order chi connectivity index (χ1) is 9.83. The molecule has 2 aromatic rings. The normalized spacial score (nSPS) is 11.3. The summed E-state index contributed by atoms with van der Waals surface area (Å²) in [4.78, 5) is 0. The predicted molar refractivity (Wildman–Crippen MR) is 79.6 cm³/mol. The van der Waals surface area contributed by atoms with Gasteiger partial charge in [0.1, 0.15) is 5.75 Å². The molecule has 0 heterocycles. The summed E-state index contributed by atoms with van der Waals surface area (Å²) in [5.74, 6) is -0.263. The minimum Gasteiger partial charge on any atom is -0.406 e. The van der Waals surface area contributed by atoms with Gasteiger partial charge in [-0.25, -0.2) is 0 Å². The lowest BCUT2D eigenvalue weighted by molar-refractivity contribution is -0.274. The SMILES string of the molecule is FC(F)(F)Oc1cccc(NCc2ccc(Br)c(Cl)c2)c1. The summed E-state index contributed by atoms with van der Waals surface area (Å²) in [7, 11) is 0. The highest BCUT2D eigenvalue weighted by atomic mass is 79.9. The quantitative estimate of drug-likeness (QED) is 0.744. The lowest BCUT2D eigenvalue weighted by atomic mass is 10.2. The van der Waals surface area contributed by atoms with E-state index >= 15 is 0 Å². The standard InChI is InChI=1S/C14H10BrClF3NO/c15-12-5-4-9(6-13(12)16)8-20-10-2-1-3-11(7-10)21-14(17,18)19/h1-7,20H,8H2. The number of nitrogens with one attached hydrogen (secondary N) is 1. The van der Waals surface area contributed by atoms with E-state index in [1.165, 1.54) is 18.2 Å². The molecule has 21 heavy (non-hydrogen) atoms. The zero-order chi connectivity index (χ0) is 15.5. The Morgan fingerprint density at radius 2 is 1.90 bits per heavy atom. The lowest BCUT2D eigenvalue weighted by Gasteiger charge is -2.11. The van der Waals surface area contributed by atoms with Crippen LogP contribution in [0.3, 0.4) is 0 Å². The van der Waals surface area contributed by atoms with Gasteiger partial charge in [0.15, 0.2) is 0 Å². The van der Waals surface area contributed by atoms with Crippen LogP contribution in [-0.2, 0) is 6.54 Å². The van der Waals surface area contributed by atoms with Crippen LogP contribution < -0.4 is 10.1 Å². The van der Waals surface area contributed by atoms with Gasteiger partial charge in [-0.15, -0.1) is 13.2 Å². The van der Waals surface area contributed by atoms with Crippen molar-refractivity contribution >= 4 is 33.2 Å². The van der Waals surface area contributed by atoms with Crippen molar-refractivity contribution in [1.82, 2.24) is 0 Å². The molecule has 2 aromatic carbocycles. The molecule has 0 amide bonds. The first kappa shape index (κ1) is 16.0. The molecular formula is C14H10BrClF3NO. The number of benzene rings is 2. The minimum absolute atomic E-state index is 0.263. The zero-order valence-corrected chi connectivity index (χ0v) is 12.9. The van der Waals surface area contributed by atoms with Crippen molar-refractivity contribution in [1.29, 1.82) is 0 Å². The fourth-order valence-corrected chi connectivity index (χ4v) is 2.11. The monoisotopic (exact) mass is 379 g/mol. The van der Waals surface area contributed by atoms with E-state index in [0.717, 1.165) is 10.0 Å². The molecule has 0 spiro atoms. The molecule has 0 saturated carbocycles. The summed E-state index contributed by atoms with van der Waals surface area (Å²) in [5, 5.41) is 3.59. The maximum Gasteiger partial charge on any atom is 0.573 e. The van der Waals surface area contributed by atoms with Gasteiger partial charge in [-0.2, -0.15) is 0 Å². The first-order valence-electron chi connectivity index (χ1n) is 5.87. The molecule has 7 heteroatoms. The van der Waals surface area contributed by atoms with Crippen LogP contribution in [0.15, 0.2) is 46.9 Å². The molecule has 112 valence electrons. The Morgan fingerprint density at radius 1 is 1.14 bits per heavy atom. The van der Waals surface area contributed by atoms with Crippen molar-refractivity contribution in [3.63, 3.8) is 0 Å². The summed E-state index contributed by atoms with van der Waals surface area (Å²) in [6.45, 7) is 0.433. The maximum atomic E-state index is 12.1. The summed E-state index contributed by atoms with van der Waals surface area (Å²) in [6.07, 6.45) is -4.70. The van der Waals surface area contributed by atoms with Crippen LogP contribution in [-0.4, -0.2) is 6.36 Å². The molecule has 2 rings (SSSR count). The molecule has 0 aromatic heterocycles. The van der Waals surface area contributed by atoms with Gasteiger partial charge in [-0.3, -0.25) is 0 Å². The third kappa shape index (κ3) is 5.13. The van der Waals surface area contributed by atoms with Gasteiger partial charge in [-0.05, 0) is 45.8 Å². The predicted octanol–water partition coefficient (Wildman–Crippen LogP) is 5.61. The Hall–Kier alpha value is -1.40. The largest absolute Gasteiger partial charge is 0.573 e. The second-order valence-corrected chi connectivity index (χ2v) is 5.44. The number of ether oxygens (including phenoxy) is 1. The molecule has 2 nitrogen and oxygen atoms in total. The zero-order valence-electron chi connectivity index (χ0n) is 10.5. The Bertz CT molecular complexity index is 634. The minimum atomic E-state index is -4.70. The second-order valence-electron chi connectivity index (χ2n) is 4.18. The van der Waals surface area contributed by atoms with Crippen LogP contribution in [0.2, 0.25) is 5.02 Å². The van der Waals surface area contributed by atoms with E-state index in [9.17, 15) is 13.2 Å². The van der Waals surface area contributed by atoms with Crippen molar-refractivity contribution in [2.75, 3.05) is 5.32 Å². The lowest BCUT2D eigenvalue weighted by Crippen LogP contribution is -2.17. The van der Waals surface area contributed by atoms with Crippen LogP contribution in [0.1, 0.15) is 5.56 Å². The van der Waals surface area contributed by atoms with E-state index in [1.807, 2.05) is 12.1 Å². The smallest absolute Gasteiger partial charge is 0.406 e. The van der Waals surface area contributed by atoms with Gasteiger partial charge < -0.3 is 10.1 Å². The number of alkyl halides is 3. The van der Waals surface area contributed by atoms with Crippen LogP contribution in [0.5, 0.6) is 5.75 Å². The first-order valence-corrected chi connectivity index (χ1v) is 7.04. The third-order valence-electron chi connectivity index (χ3n) is 2.55. The molecule has 0 radical (unpaired) electrons. The molecule has 0 atom stereocenters. The van der Waals surface area contributed by atoms with E-state index in [-0.39, 0.29) is 5.75 Å².